The molecule has 0 unspecified atom stereocenters. The number of halogens is 1. The Morgan fingerprint density at radius 1 is 1.22 bits per heavy atom. The number of hydrogen-bond acceptors (Lipinski definition) is 5. The maximum Gasteiger partial charge on any atom is 0.269 e. The van der Waals surface area contributed by atoms with Crippen molar-refractivity contribution in [2.75, 3.05) is 19.5 Å². The lowest BCUT2D eigenvalue weighted by molar-refractivity contribution is -0.384. The van der Waals surface area contributed by atoms with E-state index in [2.05, 4.69) is 33.4 Å². The highest BCUT2D eigenvalue weighted by Gasteiger charge is 2.39. The van der Waals surface area contributed by atoms with Crippen LogP contribution in [0.3, 0.4) is 0 Å². The number of allylic oxidation sites excluding steroid dienone is 2. The first kappa shape index (κ1) is 17.9. The molecule has 3 atom stereocenters. The van der Waals surface area contributed by atoms with Crippen molar-refractivity contribution < 1.29 is 14.4 Å². The summed E-state index contributed by atoms with van der Waals surface area (Å²) in [7, 11) is 3.23. The number of nitro groups is 1. The molecule has 1 aliphatic carbocycles. The number of nitrogens with one attached hydrogen (secondary N) is 1. The number of non-ortho nitro benzene ring substituents is 1. The van der Waals surface area contributed by atoms with Gasteiger partial charge in [-0.15, -0.1) is 0 Å². The highest BCUT2D eigenvalue weighted by molar-refractivity contribution is 9.10. The standard InChI is InChI=1S/C20H19BrN2O4/c1-26-18-9-11(8-16(21)20(18)27-2)19-14-5-3-4-13(14)15-10-12(23(24)25)6-7-17(15)22-19/h3-4,6-10,13-14,19,22H,5H2,1-2H3/t13-,14-,19+/m1/s1. The number of ether oxygens (including phenoxy) is 2. The molecule has 2 aromatic carbocycles. The van der Waals surface area contributed by atoms with Crippen LogP contribution in [-0.2, 0) is 0 Å². The number of nitro benzene ring substituents is 1. The third-order valence-corrected chi connectivity index (χ3v) is 5.96. The quantitative estimate of drug-likeness (QED) is 0.409. The van der Waals surface area contributed by atoms with Crippen LogP contribution in [-0.4, -0.2) is 19.1 Å². The van der Waals surface area contributed by atoms with E-state index in [9.17, 15) is 10.1 Å². The molecule has 1 heterocycles. The number of benzene rings is 2. The van der Waals surface area contributed by atoms with E-state index in [1.165, 1.54) is 0 Å². The topological polar surface area (TPSA) is 73.6 Å². The lowest BCUT2D eigenvalue weighted by Crippen LogP contribution is -2.29. The summed E-state index contributed by atoms with van der Waals surface area (Å²) in [5.74, 6) is 1.76. The Kier molecular flexibility index (Phi) is 4.55. The van der Waals surface area contributed by atoms with Gasteiger partial charge < -0.3 is 14.8 Å². The first-order chi connectivity index (χ1) is 13.0. The van der Waals surface area contributed by atoms with Gasteiger partial charge in [0.15, 0.2) is 11.5 Å². The largest absolute Gasteiger partial charge is 0.493 e. The van der Waals surface area contributed by atoms with Crippen molar-refractivity contribution in [2.45, 2.75) is 18.4 Å². The van der Waals surface area contributed by atoms with Crippen LogP contribution in [0.4, 0.5) is 11.4 Å². The van der Waals surface area contributed by atoms with E-state index >= 15 is 0 Å². The van der Waals surface area contributed by atoms with Gasteiger partial charge in [-0.2, -0.15) is 0 Å². The number of nitrogens with zero attached hydrogens (tertiary/aromatic N) is 1. The summed E-state index contributed by atoms with van der Waals surface area (Å²) in [6, 6.07) is 9.15. The third kappa shape index (κ3) is 2.96. The molecule has 2 aromatic rings. The van der Waals surface area contributed by atoms with Crippen LogP contribution in [0.5, 0.6) is 11.5 Å². The third-order valence-electron chi connectivity index (χ3n) is 5.37. The van der Waals surface area contributed by atoms with Crippen molar-refractivity contribution in [2.24, 2.45) is 5.92 Å². The van der Waals surface area contributed by atoms with Crippen LogP contribution >= 0.6 is 15.9 Å². The van der Waals surface area contributed by atoms with Gasteiger partial charge >= 0.3 is 0 Å². The zero-order valence-corrected chi connectivity index (χ0v) is 16.5. The Bertz CT molecular complexity index is 944. The van der Waals surface area contributed by atoms with Crippen LogP contribution in [0.2, 0.25) is 0 Å². The van der Waals surface area contributed by atoms with Crippen LogP contribution in [0.25, 0.3) is 0 Å². The maximum absolute atomic E-state index is 11.2. The van der Waals surface area contributed by atoms with E-state index < -0.39 is 0 Å². The van der Waals surface area contributed by atoms with Gasteiger partial charge in [0.1, 0.15) is 0 Å². The predicted molar refractivity (Wildman–Crippen MR) is 107 cm³/mol. The van der Waals surface area contributed by atoms with E-state index in [1.54, 1.807) is 32.4 Å². The monoisotopic (exact) mass is 430 g/mol. The second-order valence-corrected chi connectivity index (χ2v) is 7.60. The van der Waals surface area contributed by atoms with Gasteiger partial charge in [0.25, 0.3) is 5.69 Å². The number of hydrogen-bond donors (Lipinski definition) is 1. The van der Waals surface area contributed by atoms with E-state index in [0.29, 0.717) is 11.5 Å². The number of rotatable bonds is 4. The normalized spacial score (nSPS) is 22.6. The van der Waals surface area contributed by atoms with Gasteiger partial charge in [-0.3, -0.25) is 10.1 Å². The summed E-state index contributed by atoms with van der Waals surface area (Å²) in [6.45, 7) is 0. The Morgan fingerprint density at radius 3 is 2.74 bits per heavy atom. The summed E-state index contributed by atoms with van der Waals surface area (Å²) in [6.07, 6.45) is 5.24. The van der Waals surface area contributed by atoms with Gasteiger partial charge in [-0.25, -0.2) is 0 Å². The smallest absolute Gasteiger partial charge is 0.269 e. The molecule has 27 heavy (non-hydrogen) atoms. The molecule has 0 fully saturated rings. The van der Waals surface area contributed by atoms with E-state index in [0.717, 1.165) is 27.7 Å². The van der Waals surface area contributed by atoms with Crippen molar-refractivity contribution in [3.63, 3.8) is 0 Å². The Morgan fingerprint density at radius 2 is 2.04 bits per heavy atom. The van der Waals surface area contributed by atoms with Crippen molar-refractivity contribution in [3.05, 3.63) is 68.2 Å². The predicted octanol–water partition coefficient (Wildman–Crippen LogP) is 5.20. The minimum absolute atomic E-state index is 0.0649. The molecular weight excluding hydrogens is 412 g/mol. The van der Waals surface area contributed by atoms with Crippen LogP contribution in [0.15, 0.2) is 47.0 Å². The molecule has 1 N–H and O–H groups in total. The van der Waals surface area contributed by atoms with E-state index in [-0.39, 0.29) is 28.5 Å². The highest BCUT2D eigenvalue weighted by atomic mass is 79.9. The van der Waals surface area contributed by atoms with Crippen LogP contribution in [0, 0.1) is 16.0 Å². The number of fused-ring (bicyclic) bond motifs is 3. The molecule has 0 saturated heterocycles. The van der Waals surface area contributed by atoms with Crippen LogP contribution < -0.4 is 14.8 Å². The Hall–Kier alpha value is -2.54. The van der Waals surface area contributed by atoms with Gasteiger partial charge in [0.2, 0.25) is 0 Å². The van der Waals surface area contributed by atoms with Crippen molar-refractivity contribution in [1.82, 2.24) is 0 Å². The van der Waals surface area contributed by atoms with Crippen molar-refractivity contribution in [3.8, 4) is 11.5 Å². The van der Waals surface area contributed by atoms with Crippen molar-refractivity contribution >= 4 is 27.3 Å². The fourth-order valence-electron chi connectivity index (χ4n) is 4.14. The Labute approximate surface area is 165 Å². The summed E-state index contributed by atoms with van der Waals surface area (Å²) >= 11 is 3.57. The average molecular weight is 431 g/mol. The maximum atomic E-state index is 11.2. The SMILES string of the molecule is COc1cc([C@@H]2Nc3ccc([N+](=O)[O-])cc3[C@@H]3C=CC[C@H]32)cc(Br)c1OC. The minimum Gasteiger partial charge on any atom is -0.493 e. The fraction of sp³-hybridized carbons (Fsp3) is 0.300. The zero-order valence-electron chi connectivity index (χ0n) is 14.9. The summed E-state index contributed by atoms with van der Waals surface area (Å²) in [4.78, 5) is 10.8. The molecule has 0 aromatic heterocycles. The second kappa shape index (κ2) is 6.88. The first-order valence-corrected chi connectivity index (χ1v) is 9.45. The van der Waals surface area contributed by atoms with Gasteiger partial charge in [0.05, 0.1) is 29.7 Å². The minimum atomic E-state index is -0.342. The molecule has 0 saturated carbocycles. The summed E-state index contributed by atoms with van der Waals surface area (Å²) in [5.41, 5.74) is 3.13. The molecule has 0 radical (unpaired) electrons. The molecule has 4 rings (SSSR count). The molecule has 0 spiro atoms. The average Bonchev–Trinajstić information content (AvgIpc) is 3.16. The molecule has 7 heteroatoms. The van der Waals surface area contributed by atoms with E-state index in [4.69, 9.17) is 9.47 Å². The summed E-state index contributed by atoms with van der Waals surface area (Å²) < 4.78 is 11.7. The fourth-order valence-corrected chi connectivity index (χ4v) is 4.76. The molecule has 0 bridgehead atoms. The van der Waals surface area contributed by atoms with Gasteiger partial charge in [0, 0.05) is 23.7 Å². The second-order valence-electron chi connectivity index (χ2n) is 6.74. The van der Waals surface area contributed by atoms with Crippen LogP contribution in [0.1, 0.15) is 29.5 Å². The Balaban J connectivity index is 1.78. The summed E-state index contributed by atoms with van der Waals surface area (Å²) in [5, 5.41) is 14.8. The lowest BCUT2D eigenvalue weighted by Gasteiger charge is -2.37. The van der Waals surface area contributed by atoms with Crippen molar-refractivity contribution in [1.29, 1.82) is 0 Å². The van der Waals surface area contributed by atoms with Gasteiger partial charge in [-0.05, 0) is 57.6 Å². The first-order valence-electron chi connectivity index (χ1n) is 8.66. The van der Waals surface area contributed by atoms with Gasteiger partial charge in [-0.1, -0.05) is 12.2 Å². The molecule has 2 aliphatic rings. The van der Waals surface area contributed by atoms with E-state index in [1.807, 2.05) is 12.1 Å². The molecule has 1 aliphatic heterocycles. The molecule has 140 valence electrons. The zero-order chi connectivity index (χ0) is 19.1. The molecular formula is C20H19BrN2O4. The lowest BCUT2D eigenvalue weighted by atomic mass is 9.77. The molecule has 6 nitrogen and oxygen atoms in total. The number of anilines is 1. The highest BCUT2D eigenvalue weighted by Crippen LogP contribution is 2.51. The number of methoxy groups -OCH3 is 2. The molecule has 0 amide bonds.